The zero-order chi connectivity index (χ0) is 15.1. The van der Waals surface area contributed by atoms with E-state index in [2.05, 4.69) is 5.32 Å². The molecular weight excluding hydrogens is 262 g/mol. The number of hydrogen-bond donors (Lipinski definition) is 3. The van der Waals surface area contributed by atoms with Crippen molar-refractivity contribution < 1.29 is 24.5 Å². The molecule has 0 spiro atoms. The Morgan fingerprint density at radius 2 is 2.10 bits per heavy atom. The molecule has 20 heavy (non-hydrogen) atoms. The maximum Gasteiger partial charge on any atom is 0.305 e. The number of Topliss-reactive ketones (excluding diaryl/α,β-unsaturated/α-hetero) is 1. The molecule has 0 aliphatic heterocycles. The van der Waals surface area contributed by atoms with E-state index in [-0.39, 0.29) is 25.4 Å². The lowest BCUT2D eigenvalue weighted by Crippen LogP contribution is -2.40. The van der Waals surface area contributed by atoms with Crippen molar-refractivity contribution in [2.24, 2.45) is 0 Å². The molecule has 3 N–H and O–H groups in total. The van der Waals surface area contributed by atoms with Crippen molar-refractivity contribution in [1.29, 1.82) is 0 Å². The van der Waals surface area contributed by atoms with Crippen LogP contribution in [0.3, 0.4) is 0 Å². The molecule has 6 heteroatoms. The number of aliphatic carboxylic acids is 1. The lowest BCUT2D eigenvalue weighted by atomic mass is 9.99. The second-order valence-corrected chi connectivity index (χ2v) is 4.38. The summed E-state index contributed by atoms with van der Waals surface area (Å²) in [6.07, 6.45) is -0.329. The summed E-state index contributed by atoms with van der Waals surface area (Å²) in [7, 11) is 1.54. The Morgan fingerprint density at radius 3 is 2.60 bits per heavy atom. The van der Waals surface area contributed by atoms with Gasteiger partial charge in [0.1, 0.15) is 5.75 Å². The van der Waals surface area contributed by atoms with Crippen molar-refractivity contribution in [3.05, 3.63) is 29.3 Å². The van der Waals surface area contributed by atoms with E-state index in [9.17, 15) is 9.59 Å². The topological polar surface area (TPSA) is 95.9 Å². The number of rotatable bonds is 8. The normalized spacial score (nSPS) is 11.9. The molecular formula is C14H19NO5. The van der Waals surface area contributed by atoms with Crippen LogP contribution in [0.5, 0.6) is 5.75 Å². The van der Waals surface area contributed by atoms with Crippen molar-refractivity contribution in [2.75, 3.05) is 20.3 Å². The molecule has 0 fully saturated rings. The molecule has 0 bridgehead atoms. The summed E-state index contributed by atoms with van der Waals surface area (Å²) in [4.78, 5) is 23.1. The highest BCUT2D eigenvalue weighted by molar-refractivity contribution is 6.02. The smallest absolute Gasteiger partial charge is 0.305 e. The summed E-state index contributed by atoms with van der Waals surface area (Å²) >= 11 is 0. The van der Waals surface area contributed by atoms with E-state index in [1.165, 1.54) is 0 Å². The Labute approximate surface area is 117 Å². The third-order valence-corrected chi connectivity index (χ3v) is 2.88. The number of carboxylic acid groups (broad SMARTS) is 1. The van der Waals surface area contributed by atoms with E-state index in [0.29, 0.717) is 11.3 Å². The van der Waals surface area contributed by atoms with E-state index >= 15 is 0 Å². The minimum atomic E-state index is -1.07. The van der Waals surface area contributed by atoms with Crippen LogP contribution in [0.2, 0.25) is 0 Å². The van der Waals surface area contributed by atoms with Gasteiger partial charge in [-0.25, -0.2) is 0 Å². The molecule has 0 aromatic heterocycles. The summed E-state index contributed by atoms with van der Waals surface area (Å²) in [5, 5.41) is 20.4. The molecule has 0 aliphatic carbocycles. The van der Waals surface area contributed by atoms with Gasteiger partial charge in [0.05, 0.1) is 26.2 Å². The molecule has 0 heterocycles. The number of methoxy groups -OCH3 is 1. The molecule has 1 unspecified atom stereocenters. The average molecular weight is 281 g/mol. The van der Waals surface area contributed by atoms with Crippen LogP contribution in [-0.2, 0) is 4.79 Å². The van der Waals surface area contributed by atoms with Crippen molar-refractivity contribution in [2.45, 2.75) is 19.4 Å². The highest BCUT2D eigenvalue weighted by Crippen LogP contribution is 2.19. The first-order chi connectivity index (χ1) is 9.49. The number of nitrogens with one attached hydrogen (secondary N) is 1. The molecule has 0 saturated carbocycles. The maximum absolute atomic E-state index is 12.3. The van der Waals surface area contributed by atoms with Gasteiger partial charge < -0.3 is 20.3 Å². The summed E-state index contributed by atoms with van der Waals surface area (Å²) in [5.74, 6) is -0.717. The third-order valence-electron chi connectivity index (χ3n) is 2.88. The number of aliphatic hydroxyl groups excluding tert-OH is 1. The van der Waals surface area contributed by atoms with Crippen LogP contribution in [0.25, 0.3) is 0 Å². The SMILES string of the molecule is COc1ccc(C(=O)C(CC(=O)O)NCCO)cc1C. The van der Waals surface area contributed by atoms with Gasteiger partial charge in [-0.3, -0.25) is 9.59 Å². The quantitative estimate of drug-likeness (QED) is 0.604. The number of ketones is 1. The average Bonchev–Trinajstić information content (AvgIpc) is 2.42. The van der Waals surface area contributed by atoms with Crippen LogP contribution in [0.1, 0.15) is 22.3 Å². The fraction of sp³-hybridized carbons (Fsp3) is 0.429. The number of hydrogen-bond acceptors (Lipinski definition) is 5. The lowest BCUT2D eigenvalue weighted by Gasteiger charge is -2.16. The fourth-order valence-corrected chi connectivity index (χ4v) is 1.90. The van der Waals surface area contributed by atoms with Gasteiger partial charge in [-0.2, -0.15) is 0 Å². The van der Waals surface area contributed by atoms with Gasteiger partial charge in [0.25, 0.3) is 0 Å². The van der Waals surface area contributed by atoms with Gasteiger partial charge in [-0.05, 0) is 30.7 Å². The standard InChI is InChI=1S/C14H19NO5/c1-9-7-10(3-4-12(9)20-2)14(19)11(8-13(17)18)15-5-6-16/h3-4,7,11,15-16H,5-6,8H2,1-2H3,(H,17,18). The Bertz CT molecular complexity index is 486. The van der Waals surface area contributed by atoms with Crippen LogP contribution in [0.4, 0.5) is 0 Å². The number of carboxylic acids is 1. The van der Waals surface area contributed by atoms with Gasteiger partial charge in [0, 0.05) is 12.1 Å². The molecule has 1 rings (SSSR count). The van der Waals surface area contributed by atoms with Crippen molar-refractivity contribution in [1.82, 2.24) is 5.32 Å². The summed E-state index contributed by atoms with van der Waals surface area (Å²) in [6.45, 7) is 1.81. The Morgan fingerprint density at radius 1 is 1.40 bits per heavy atom. The van der Waals surface area contributed by atoms with E-state index in [1.54, 1.807) is 25.3 Å². The van der Waals surface area contributed by atoms with E-state index < -0.39 is 12.0 Å². The van der Waals surface area contributed by atoms with Crippen molar-refractivity contribution in [3.63, 3.8) is 0 Å². The van der Waals surface area contributed by atoms with Crippen LogP contribution in [0, 0.1) is 6.92 Å². The van der Waals surface area contributed by atoms with Gasteiger partial charge in [-0.1, -0.05) is 0 Å². The van der Waals surface area contributed by atoms with Crippen molar-refractivity contribution in [3.8, 4) is 5.75 Å². The molecule has 110 valence electrons. The Hall–Kier alpha value is -1.92. The Kier molecular flexibility index (Phi) is 6.14. The number of aliphatic hydroxyl groups is 1. The first-order valence-corrected chi connectivity index (χ1v) is 6.24. The van der Waals surface area contributed by atoms with Gasteiger partial charge in [0.15, 0.2) is 5.78 Å². The summed E-state index contributed by atoms with van der Waals surface area (Å²) in [6, 6.07) is 4.08. The molecule has 6 nitrogen and oxygen atoms in total. The lowest BCUT2D eigenvalue weighted by molar-refractivity contribution is -0.137. The largest absolute Gasteiger partial charge is 0.496 e. The highest BCUT2D eigenvalue weighted by Gasteiger charge is 2.22. The first-order valence-electron chi connectivity index (χ1n) is 6.24. The zero-order valence-electron chi connectivity index (χ0n) is 11.5. The number of carbonyl (C=O) groups is 2. The second kappa shape index (κ2) is 7.62. The third kappa shape index (κ3) is 4.32. The van der Waals surface area contributed by atoms with Gasteiger partial charge in [-0.15, -0.1) is 0 Å². The number of ether oxygens (including phenoxy) is 1. The molecule has 1 atom stereocenters. The van der Waals surface area contributed by atoms with Gasteiger partial charge >= 0.3 is 5.97 Å². The van der Waals surface area contributed by atoms with Gasteiger partial charge in [0.2, 0.25) is 0 Å². The molecule has 0 amide bonds. The predicted molar refractivity (Wildman–Crippen MR) is 73.2 cm³/mol. The second-order valence-electron chi connectivity index (χ2n) is 4.38. The van der Waals surface area contributed by atoms with E-state index in [4.69, 9.17) is 14.9 Å². The van der Waals surface area contributed by atoms with Crippen LogP contribution < -0.4 is 10.1 Å². The fourth-order valence-electron chi connectivity index (χ4n) is 1.90. The van der Waals surface area contributed by atoms with E-state index in [1.807, 2.05) is 6.92 Å². The number of benzene rings is 1. The monoisotopic (exact) mass is 281 g/mol. The summed E-state index contributed by atoms with van der Waals surface area (Å²) < 4.78 is 5.12. The van der Waals surface area contributed by atoms with Crippen LogP contribution >= 0.6 is 0 Å². The minimum absolute atomic E-state index is 0.162. The molecule has 1 aromatic rings. The van der Waals surface area contributed by atoms with Crippen LogP contribution in [0.15, 0.2) is 18.2 Å². The predicted octanol–water partition coefficient (Wildman–Crippen LogP) is 0.612. The minimum Gasteiger partial charge on any atom is -0.496 e. The maximum atomic E-state index is 12.3. The highest BCUT2D eigenvalue weighted by atomic mass is 16.5. The molecule has 0 saturated heterocycles. The van der Waals surface area contributed by atoms with E-state index in [0.717, 1.165) is 5.56 Å². The number of carbonyl (C=O) groups excluding carboxylic acids is 1. The number of aryl methyl sites for hydroxylation is 1. The van der Waals surface area contributed by atoms with Crippen molar-refractivity contribution >= 4 is 11.8 Å². The first kappa shape index (κ1) is 16.1. The van der Waals surface area contributed by atoms with Crippen LogP contribution in [-0.4, -0.2) is 48.3 Å². The molecule has 0 aliphatic rings. The summed E-state index contributed by atoms with van der Waals surface area (Å²) in [5.41, 5.74) is 1.22. The zero-order valence-corrected chi connectivity index (χ0v) is 11.5. The molecule has 1 aromatic carbocycles. The Balaban J connectivity index is 2.92. The molecule has 0 radical (unpaired) electrons.